The molecule has 0 aromatic heterocycles. The Bertz CT molecular complexity index is 1530. The van der Waals surface area contributed by atoms with Gasteiger partial charge in [-0.3, -0.25) is 14.5 Å². The summed E-state index contributed by atoms with van der Waals surface area (Å²) in [6.45, 7) is 21.8. The first kappa shape index (κ1) is 53.6. The van der Waals surface area contributed by atoms with Gasteiger partial charge in [0.05, 0.1) is 55.0 Å². The molecule has 4 heterocycles. The molecule has 1 unspecified atom stereocenters. The van der Waals surface area contributed by atoms with E-state index in [1.807, 2.05) is 55.9 Å². The number of likely N-dealkylation sites (N-methyl/N-ethyl adjacent to an activating group) is 1. The first-order valence-corrected chi connectivity index (χ1v) is 23.3. The Morgan fingerprint density at radius 2 is 1.63 bits per heavy atom. The summed E-state index contributed by atoms with van der Waals surface area (Å²) in [6, 6.07) is 2.08. The Morgan fingerprint density at radius 1 is 0.968 bits per heavy atom. The van der Waals surface area contributed by atoms with Crippen LogP contribution in [0.1, 0.15) is 115 Å². The molecule has 4 fully saturated rings. The van der Waals surface area contributed by atoms with Gasteiger partial charge in [-0.1, -0.05) is 20.8 Å². The topological polar surface area (TPSA) is 171 Å². The minimum absolute atomic E-state index is 0.00455. The molecule has 0 spiro atoms. The average Bonchev–Trinajstić information content (AvgIpc) is 3.56. The lowest BCUT2D eigenvalue weighted by atomic mass is 9.77. The summed E-state index contributed by atoms with van der Waals surface area (Å²) in [5.74, 6) is -2.56. The SMILES string of the molecule is CC[C@H]1OC(=O)[C@H](C)[C@@H](O[C@H]2C[C@@](C)(OC)[C@@H](OC(C)=O)[C@H](C)O2)[C@H](C)[C@@H](O[C@@H]2O[C@H](C)C[C@H](N(C)C)[C@H]2OCCC#N)[C@](C)(O)C[C@@H](C)CN(C)[C@H](C)[C@H]2CC(N(C)C)O[C@@]21C. The number of nitrogens with zero attached hydrogens (tertiary/aromatic N) is 4. The second kappa shape index (κ2) is 22.2. The predicted molar refractivity (Wildman–Crippen MR) is 236 cm³/mol. The number of rotatable bonds is 12. The molecule has 19 atom stereocenters. The molecule has 16 nitrogen and oxygen atoms in total. The molecule has 0 aliphatic carbocycles. The fraction of sp³-hybridized carbons (Fsp3) is 0.936. The van der Waals surface area contributed by atoms with E-state index in [2.05, 4.69) is 48.6 Å². The Balaban J connectivity index is 1.88. The smallest absolute Gasteiger partial charge is 0.311 e. The van der Waals surface area contributed by atoms with Crippen molar-refractivity contribution in [2.75, 3.05) is 55.5 Å². The Labute approximate surface area is 378 Å². The number of fused-ring (bicyclic) bond motifs is 1. The van der Waals surface area contributed by atoms with Crippen LogP contribution < -0.4 is 0 Å². The maximum absolute atomic E-state index is 14.9. The van der Waals surface area contributed by atoms with Gasteiger partial charge in [0.25, 0.3) is 0 Å². The van der Waals surface area contributed by atoms with Crippen LogP contribution in [0.15, 0.2) is 0 Å². The van der Waals surface area contributed by atoms with Gasteiger partial charge in [-0.15, -0.1) is 0 Å². The summed E-state index contributed by atoms with van der Waals surface area (Å²) in [5.41, 5.74) is -3.32. The van der Waals surface area contributed by atoms with Crippen molar-refractivity contribution in [3.63, 3.8) is 0 Å². The third kappa shape index (κ3) is 12.5. The van der Waals surface area contributed by atoms with Crippen LogP contribution >= 0.6 is 0 Å². The van der Waals surface area contributed by atoms with E-state index in [1.165, 1.54) is 6.92 Å². The Hall–Kier alpha value is -2.01. The highest BCUT2D eigenvalue weighted by Crippen LogP contribution is 2.46. The summed E-state index contributed by atoms with van der Waals surface area (Å²) in [7, 11) is 11.6. The van der Waals surface area contributed by atoms with Gasteiger partial charge in [-0.25, -0.2) is 0 Å². The van der Waals surface area contributed by atoms with Gasteiger partial charge in [0.2, 0.25) is 0 Å². The number of carbonyl (C=O) groups is 2. The van der Waals surface area contributed by atoms with Crippen molar-refractivity contribution in [3.8, 4) is 6.07 Å². The lowest BCUT2D eigenvalue weighted by molar-refractivity contribution is -0.321. The Kier molecular flexibility index (Phi) is 18.9. The lowest BCUT2D eigenvalue weighted by Gasteiger charge is -2.49. The van der Waals surface area contributed by atoms with E-state index >= 15 is 0 Å². The number of hydrogen-bond acceptors (Lipinski definition) is 16. The number of ether oxygens (including phenoxy) is 9. The molecule has 364 valence electrons. The van der Waals surface area contributed by atoms with Crippen molar-refractivity contribution in [2.24, 2.45) is 23.7 Å². The minimum Gasteiger partial charge on any atom is -0.459 e. The summed E-state index contributed by atoms with van der Waals surface area (Å²) < 4.78 is 58.9. The third-order valence-corrected chi connectivity index (χ3v) is 14.6. The normalized spacial score (nSPS) is 44.9. The second-order valence-corrected chi connectivity index (χ2v) is 20.4. The molecule has 0 aromatic carbocycles. The van der Waals surface area contributed by atoms with Crippen LogP contribution in [-0.4, -0.2) is 178 Å². The molecule has 4 rings (SSSR count). The lowest BCUT2D eigenvalue weighted by Crippen LogP contribution is -2.61. The quantitative estimate of drug-likeness (QED) is 0.205. The zero-order chi connectivity index (χ0) is 47.4. The van der Waals surface area contributed by atoms with Crippen LogP contribution in [0.2, 0.25) is 0 Å². The van der Waals surface area contributed by atoms with Crippen molar-refractivity contribution in [3.05, 3.63) is 0 Å². The number of methoxy groups -OCH3 is 1. The maximum Gasteiger partial charge on any atom is 0.311 e. The van der Waals surface area contributed by atoms with Gasteiger partial charge in [-0.2, -0.15) is 5.26 Å². The highest BCUT2D eigenvalue weighted by Gasteiger charge is 2.57. The van der Waals surface area contributed by atoms with Crippen LogP contribution in [-0.2, 0) is 52.2 Å². The molecular formula is C47H84N4O12. The first-order valence-electron chi connectivity index (χ1n) is 23.3. The van der Waals surface area contributed by atoms with E-state index in [1.54, 1.807) is 27.9 Å². The van der Waals surface area contributed by atoms with Gasteiger partial charge in [0.1, 0.15) is 29.6 Å². The largest absolute Gasteiger partial charge is 0.459 e. The Morgan fingerprint density at radius 3 is 2.21 bits per heavy atom. The number of esters is 2. The molecule has 0 radical (unpaired) electrons. The number of hydrogen-bond donors (Lipinski definition) is 1. The van der Waals surface area contributed by atoms with Crippen LogP contribution in [0.3, 0.4) is 0 Å². The molecule has 1 N–H and O–H groups in total. The van der Waals surface area contributed by atoms with Crippen molar-refractivity contribution >= 4 is 11.9 Å². The van der Waals surface area contributed by atoms with Crippen molar-refractivity contribution in [1.82, 2.24) is 14.7 Å². The van der Waals surface area contributed by atoms with Gasteiger partial charge in [0, 0.05) is 50.9 Å². The molecular weight excluding hydrogens is 813 g/mol. The molecule has 16 heteroatoms. The van der Waals surface area contributed by atoms with E-state index < -0.39 is 89.8 Å². The first-order chi connectivity index (χ1) is 29.3. The van der Waals surface area contributed by atoms with Gasteiger partial charge in [-0.05, 0) is 115 Å². The number of nitriles is 1. The summed E-state index contributed by atoms with van der Waals surface area (Å²) >= 11 is 0. The van der Waals surface area contributed by atoms with Gasteiger partial charge >= 0.3 is 11.9 Å². The minimum atomic E-state index is -1.50. The number of carbonyl (C=O) groups excluding carboxylic acids is 2. The average molecular weight is 897 g/mol. The summed E-state index contributed by atoms with van der Waals surface area (Å²) in [5, 5.41) is 22.4. The van der Waals surface area contributed by atoms with Crippen LogP contribution in [0.5, 0.6) is 0 Å². The number of aliphatic hydroxyl groups is 1. The third-order valence-electron chi connectivity index (χ3n) is 14.6. The van der Waals surface area contributed by atoms with E-state index in [-0.39, 0.29) is 55.7 Å². The van der Waals surface area contributed by atoms with Gasteiger partial charge < -0.3 is 57.5 Å². The number of cyclic esters (lactones) is 1. The molecule has 0 aromatic rings. The molecule has 0 bridgehead atoms. The standard InChI is InChI=1S/C47H84N4O12/c1-18-36-47(11)34(23-37(63-47)50(14)15)31(6)51(16)26-27(2)24-45(9,54)41(62-44-40(56-21-19-20-48)35(49(12)13)22-28(3)57-44)29(4)39(30(5)43(53)60-36)61-38-25-46(10,55-17)42(32(7)58-38)59-33(8)52/h27-32,34-42,44,54H,18-19,21-26H2,1-17H3/t27-,28-,29+,30-,31-,32+,34-,35+,36-,37?,38+,39+,40-,41-,42+,44+,45-,46-,47+/m1/s1. The van der Waals surface area contributed by atoms with Crippen LogP contribution in [0.25, 0.3) is 0 Å². The summed E-state index contributed by atoms with van der Waals surface area (Å²) in [6.07, 6.45) is -4.13. The molecule has 0 amide bonds. The molecule has 4 aliphatic rings. The monoisotopic (exact) mass is 897 g/mol. The van der Waals surface area contributed by atoms with E-state index in [9.17, 15) is 20.0 Å². The highest BCUT2D eigenvalue weighted by atomic mass is 16.7. The highest BCUT2D eigenvalue weighted by molar-refractivity contribution is 5.73. The van der Waals surface area contributed by atoms with E-state index in [0.717, 1.165) is 6.42 Å². The fourth-order valence-electron chi connectivity index (χ4n) is 11.1. The zero-order valence-corrected chi connectivity index (χ0v) is 41.6. The predicted octanol–water partition coefficient (Wildman–Crippen LogP) is 4.98. The van der Waals surface area contributed by atoms with Crippen LogP contribution in [0, 0.1) is 35.0 Å². The molecule has 0 saturated carbocycles. The van der Waals surface area contributed by atoms with Crippen molar-refractivity contribution in [2.45, 2.75) is 205 Å². The fourth-order valence-corrected chi connectivity index (χ4v) is 11.1. The second-order valence-electron chi connectivity index (χ2n) is 20.4. The zero-order valence-electron chi connectivity index (χ0n) is 41.6. The molecule has 4 aliphatic heterocycles. The van der Waals surface area contributed by atoms with Gasteiger partial charge in [0.15, 0.2) is 18.7 Å². The molecule has 4 saturated heterocycles. The van der Waals surface area contributed by atoms with Crippen LogP contribution in [0.4, 0.5) is 0 Å². The van der Waals surface area contributed by atoms with E-state index in [4.69, 9.17) is 42.6 Å². The van der Waals surface area contributed by atoms with Crippen molar-refractivity contribution in [1.29, 1.82) is 5.26 Å². The molecule has 63 heavy (non-hydrogen) atoms. The maximum atomic E-state index is 14.9. The van der Waals surface area contributed by atoms with E-state index in [0.29, 0.717) is 25.8 Å². The summed E-state index contributed by atoms with van der Waals surface area (Å²) in [4.78, 5) is 33.6. The van der Waals surface area contributed by atoms with Crippen molar-refractivity contribution < 1.29 is 57.3 Å².